The summed E-state index contributed by atoms with van der Waals surface area (Å²) in [6, 6.07) is 15.8. The molecule has 1 amide bonds. The zero-order valence-electron chi connectivity index (χ0n) is 18.1. The number of hydrogen-bond donors (Lipinski definition) is 0. The number of fused-ring (bicyclic) bond motifs is 2. The number of piperidine rings is 1. The monoisotopic (exact) mass is 423 g/mol. The SMILES string of the molecule is Cc1cc(F)cc(CN2CCC3(CC2)OC(=O)N2CCN(Cc4ccccc4)CC23)c1. The van der Waals surface area contributed by atoms with Crippen LogP contribution in [-0.4, -0.2) is 65.2 Å². The predicted octanol–water partition coefficient (Wildman–Crippen LogP) is 3.81. The van der Waals surface area contributed by atoms with Crippen molar-refractivity contribution >= 4 is 6.09 Å². The molecule has 0 aliphatic carbocycles. The highest BCUT2D eigenvalue weighted by molar-refractivity contribution is 5.72. The number of aryl methyl sites for hydroxylation is 1. The normalized spacial score (nSPS) is 23.7. The molecule has 3 aliphatic rings. The maximum absolute atomic E-state index is 13.8. The third kappa shape index (κ3) is 4.19. The lowest BCUT2D eigenvalue weighted by atomic mass is 9.83. The van der Waals surface area contributed by atoms with Gasteiger partial charge in [-0.1, -0.05) is 36.4 Å². The number of rotatable bonds is 4. The number of hydrogen-bond acceptors (Lipinski definition) is 4. The minimum absolute atomic E-state index is 0.107. The van der Waals surface area contributed by atoms with Crippen LogP contribution in [0.1, 0.15) is 29.5 Å². The van der Waals surface area contributed by atoms with Gasteiger partial charge in [-0.2, -0.15) is 0 Å². The van der Waals surface area contributed by atoms with Gasteiger partial charge in [0.2, 0.25) is 0 Å². The van der Waals surface area contributed by atoms with Gasteiger partial charge < -0.3 is 4.74 Å². The van der Waals surface area contributed by atoms with E-state index in [0.29, 0.717) is 0 Å². The Bertz CT molecular complexity index is 923. The fourth-order valence-corrected chi connectivity index (χ4v) is 5.48. The predicted molar refractivity (Wildman–Crippen MR) is 117 cm³/mol. The third-order valence-corrected chi connectivity index (χ3v) is 7.06. The van der Waals surface area contributed by atoms with Gasteiger partial charge in [0, 0.05) is 58.7 Å². The average Bonchev–Trinajstić information content (AvgIpc) is 3.01. The second-order valence-corrected chi connectivity index (χ2v) is 9.28. The Morgan fingerprint density at radius 1 is 0.968 bits per heavy atom. The van der Waals surface area contributed by atoms with Gasteiger partial charge in [0.15, 0.2) is 0 Å². The number of carbonyl (C=O) groups is 1. The van der Waals surface area contributed by atoms with E-state index in [-0.39, 0.29) is 18.0 Å². The van der Waals surface area contributed by atoms with Gasteiger partial charge in [-0.15, -0.1) is 0 Å². The standard InChI is InChI=1S/C25H30FN3O2/c1-19-13-21(15-22(26)14-19)17-27-9-7-25(8-10-27)23-18-28(11-12-29(23)24(30)31-25)16-20-5-3-2-4-6-20/h2-6,13-15,23H,7-12,16-18H2,1H3. The Labute approximate surface area is 183 Å². The zero-order chi connectivity index (χ0) is 21.4. The summed E-state index contributed by atoms with van der Waals surface area (Å²) in [5, 5.41) is 0. The van der Waals surface area contributed by atoms with E-state index in [4.69, 9.17) is 4.74 Å². The summed E-state index contributed by atoms with van der Waals surface area (Å²) < 4.78 is 19.8. The highest BCUT2D eigenvalue weighted by atomic mass is 19.1. The molecule has 2 aromatic carbocycles. The van der Waals surface area contributed by atoms with E-state index >= 15 is 0 Å². The molecule has 3 aliphatic heterocycles. The summed E-state index contributed by atoms with van der Waals surface area (Å²) >= 11 is 0. The van der Waals surface area contributed by atoms with Crippen molar-refractivity contribution in [2.75, 3.05) is 32.7 Å². The first kappa shape index (κ1) is 20.5. The Kier molecular flexibility index (Phi) is 5.44. The van der Waals surface area contributed by atoms with E-state index in [1.54, 1.807) is 12.1 Å². The summed E-state index contributed by atoms with van der Waals surface area (Å²) in [6.07, 6.45) is 1.50. The van der Waals surface area contributed by atoms with Crippen LogP contribution in [0.15, 0.2) is 48.5 Å². The molecule has 0 bridgehead atoms. The third-order valence-electron chi connectivity index (χ3n) is 7.06. The fraction of sp³-hybridized carbons (Fsp3) is 0.480. The number of ether oxygens (including phenoxy) is 1. The number of halogens is 1. The Hall–Kier alpha value is -2.44. The first-order chi connectivity index (χ1) is 15.0. The molecule has 6 heteroatoms. The van der Waals surface area contributed by atoms with E-state index < -0.39 is 5.60 Å². The molecule has 0 radical (unpaired) electrons. The maximum atomic E-state index is 13.8. The molecule has 3 fully saturated rings. The van der Waals surface area contributed by atoms with Crippen LogP contribution < -0.4 is 0 Å². The van der Waals surface area contributed by atoms with E-state index in [1.807, 2.05) is 24.0 Å². The van der Waals surface area contributed by atoms with Gasteiger partial charge in [-0.25, -0.2) is 9.18 Å². The molecule has 2 aromatic rings. The zero-order valence-corrected chi connectivity index (χ0v) is 18.1. The molecule has 3 heterocycles. The quantitative estimate of drug-likeness (QED) is 0.749. The molecule has 1 atom stereocenters. The smallest absolute Gasteiger partial charge is 0.410 e. The summed E-state index contributed by atoms with van der Waals surface area (Å²) in [6.45, 7) is 7.72. The lowest BCUT2D eigenvalue weighted by molar-refractivity contribution is -0.0368. The van der Waals surface area contributed by atoms with Crippen LogP contribution in [0.2, 0.25) is 0 Å². The van der Waals surface area contributed by atoms with Crippen molar-refractivity contribution in [2.24, 2.45) is 0 Å². The molecular weight excluding hydrogens is 393 g/mol. The number of amides is 1. The Balaban J connectivity index is 1.25. The van der Waals surface area contributed by atoms with Crippen molar-refractivity contribution in [3.8, 4) is 0 Å². The maximum Gasteiger partial charge on any atom is 0.410 e. The largest absolute Gasteiger partial charge is 0.440 e. The summed E-state index contributed by atoms with van der Waals surface area (Å²) in [5.74, 6) is -0.176. The molecule has 0 N–H and O–H groups in total. The van der Waals surface area contributed by atoms with Crippen molar-refractivity contribution in [3.05, 3.63) is 71.0 Å². The molecule has 0 aromatic heterocycles. The van der Waals surface area contributed by atoms with E-state index in [1.165, 1.54) is 5.56 Å². The molecule has 1 unspecified atom stereocenters. The van der Waals surface area contributed by atoms with Gasteiger partial charge in [-0.3, -0.25) is 14.7 Å². The number of nitrogens with zero attached hydrogens (tertiary/aromatic N) is 3. The topological polar surface area (TPSA) is 36.0 Å². The molecule has 3 saturated heterocycles. The van der Waals surface area contributed by atoms with Crippen molar-refractivity contribution in [1.82, 2.24) is 14.7 Å². The number of carbonyl (C=O) groups excluding carboxylic acids is 1. The second-order valence-electron chi connectivity index (χ2n) is 9.28. The highest BCUT2D eigenvalue weighted by Crippen LogP contribution is 2.40. The molecule has 5 rings (SSSR count). The van der Waals surface area contributed by atoms with Gasteiger partial charge in [0.05, 0.1) is 6.04 Å². The highest BCUT2D eigenvalue weighted by Gasteiger charge is 2.56. The van der Waals surface area contributed by atoms with Crippen LogP contribution in [0.5, 0.6) is 0 Å². The summed E-state index contributed by atoms with van der Waals surface area (Å²) in [7, 11) is 0. The fourth-order valence-electron chi connectivity index (χ4n) is 5.48. The van der Waals surface area contributed by atoms with E-state index in [2.05, 4.69) is 34.1 Å². The van der Waals surface area contributed by atoms with E-state index in [9.17, 15) is 9.18 Å². The second kappa shape index (κ2) is 8.24. The molecule has 5 nitrogen and oxygen atoms in total. The van der Waals surface area contributed by atoms with Gasteiger partial charge >= 0.3 is 6.09 Å². The van der Waals surface area contributed by atoms with Crippen molar-refractivity contribution in [1.29, 1.82) is 0 Å². The van der Waals surface area contributed by atoms with Crippen LogP contribution in [0.25, 0.3) is 0 Å². The number of piperazine rings is 1. The molecule has 164 valence electrons. The van der Waals surface area contributed by atoms with Crippen LogP contribution in [0, 0.1) is 12.7 Å². The molecule has 31 heavy (non-hydrogen) atoms. The first-order valence-electron chi connectivity index (χ1n) is 11.3. The van der Waals surface area contributed by atoms with Crippen molar-refractivity contribution in [2.45, 2.75) is 44.5 Å². The van der Waals surface area contributed by atoms with Crippen LogP contribution in [0.4, 0.5) is 9.18 Å². The van der Waals surface area contributed by atoms with Crippen LogP contribution in [0.3, 0.4) is 0 Å². The van der Waals surface area contributed by atoms with Gasteiger partial charge in [0.1, 0.15) is 11.4 Å². The molecular formula is C25H30FN3O2. The lowest BCUT2D eigenvalue weighted by Crippen LogP contribution is -2.60. The molecule has 0 saturated carbocycles. The average molecular weight is 424 g/mol. The lowest BCUT2D eigenvalue weighted by Gasteiger charge is -2.45. The van der Waals surface area contributed by atoms with E-state index in [0.717, 1.165) is 69.8 Å². The van der Waals surface area contributed by atoms with Crippen molar-refractivity contribution in [3.63, 3.8) is 0 Å². The van der Waals surface area contributed by atoms with Crippen LogP contribution >= 0.6 is 0 Å². The van der Waals surface area contributed by atoms with Crippen LogP contribution in [-0.2, 0) is 17.8 Å². The minimum atomic E-state index is -0.402. The minimum Gasteiger partial charge on any atom is -0.440 e. The Morgan fingerprint density at radius 2 is 1.71 bits per heavy atom. The number of likely N-dealkylation sites (tertiary alicyclic amines) is 1. The van der Waals surface area contributed by atoms with Gasteiger partial charge in [-0.05, 0) is 35.7 Å². The first-order valence-corrected chi connectivity index (χ1v) is 11.3. The van der Waals surface area contributed by atoms with Gasteiger partial charge in [0.25, 0.3) is 0 Å². The Morgan fingerprint density at radius 3 is 2.45 bits per heavy atom. The van der Waals surface area contributed by atoms with Crippen molar-refractivity contribution < 1.29 is 13.9 Å². The number of benzene rings is 2. The summed E-state index contributed by atoms with van der Waals surface area (Å²) in [5.41, 5.74) is 2.85. The molecule has 1 spiro atoms. The summed E-state index contributed by atoms with van der Waals surface area (Å²) in [4.78, 5) is 19.4.